The lowest BCUT2D eigenvalue weighted by Crippen LogP contribution is -2.43. The number of benzene rings is 1. The number of aliphatic hydroxyl groups is 1. The average Bonchev–Trinajstić information content (AvgIpc) is 2.57. The zero-order valence-electron chi connectivity index (χ0n) is 13.6. The van der Waals surface area contributed by atoms with Crippen LogP contribution in [0, 0.1) is 6.92 Å². The van der Waals surface area contributed by atoms with E-state index < -0.39 is 0 Å². The summed E-state index contributed by atoms with van der Waals surface area (Å²) in [4.78, 5) is 18.5. The standard InChI is InChI=1S/C18H23N3O2/c1-14-6-3-4-8-17(14)20-18(23)15(2)21(10-11-22)13-16-7-5-9-19-12-16/h3-9,12,15,22H,10-11,13H2,1-2H3,(H,20,23). The molecule has 0 fully saturated rings. The summed E-state index contributed by atoms with van der Waals surface area (Å²) in [5.41, 5.74) is 2.85. The van der Waals surface area contributed by atoms with Gasteiger partial charge in [0, 0.05) is 31.2 Å². The molecule has 2 aromatic rings. The summed E-state index contributed by atoms with van der Waals surface area (Å²) in [6.45, 7) is 4.80. The molecule has 0 bridgehead atoms. The number of aryl methyl sites for hydroxylation is 1. The Labute approximate surface area is 137 Å². The maximum Gasteiger partial charge on any atom is 0.241 e. The van der Waals surface area contributed by atoms with E-state index in [2.05, 4.69) is 10.3 Å². The normalized spacial score (nSPS) is 12.2. The molecule has 1 atom stereocenters. The molecule has 122 valence electrons. The van der Waals surface area contributed by atoms with E-state index in [1.54, 1.807) is 12.4 Å². The van der Waals surface area contributed by atoms with Gasteiger partial charge >= 0.3 is 0 Å². The molecule has 2 N–H and O–H groups in total. The number of hydrogen-bond acceptors (Lipinski definition) is 4. The Bertz CT molecular complexity index is 631. The van der Waals surface area contributed by atoms with Crippen molar-refractivity contribution in [1.82, 2.24) is 9.88 Å². The second kappa shape index (κ2) is 8.41. The van der Waals surface area contributed by atoms with Crippen LogP contribution in [0.2, 0.25) is 0 Å². The molecule has 1 heterocycles. The topological polar surface area (TPSA) is 65.5 Å². The summed E-state index contributed by atoms with van der Waals surface area (Å²) in [5, 5.41) is 12.2. The van der Waals surface area contributed by atoms with Gasteiger partial charge in [-0.1, -0.05) is 24.3 Å². The maximum absolute atomic E-state index is 12.5. The third-order valence-electron chi connectivity index (χ3n) is 3.83. The number of anilines is 1. The largest absolute Gasteiger partial charge is 0.395 e. The van der Waals surface area contributed by atoms with Crippen molar-refractivity contribution in [2.75, 3.05) is 18.5 Å². The first kappa shape index (κ1) is 17.1. The summed E-state index contributed by atoms with van der Waals surface area (Å²) in [6.07, 6.45) is 3.49. The van der Waals surface area contributed by atoms with Crippen LogP contribution in [0.5, 0.6) is 0 Å². The van der Waals surface area contributed by atoms with Crippen molar-refractivity contribution in [3.8, 4) is 0 Å². The van der Waals surface area contributed by atoms with Gasteiger partial charge in [-0.2, -0.15) is 0 Å². The van der Waals surface area contributed by atoms with Gasteiger partial charge in [-0.3, -0.25) is 14.7 Å². The van der Waals surface area contributed by atoms with Gasteiger partial charge in [0.2, 0.25) is 5.91 Å². The molecule has 1 aromatic carbocycles. The Morgan fingerprint density at radius 1 is 1.30 bits per heavy atom. The van der Waals surface area contributed by atoms with E-state index in [0.717, 1.165) is 16.8 Å². The van der Waals surface area contributed by atoms with Crippen molar-refractivity contribution in [2.24, 2.45) is 0 Å². The summed E-state index contributed by atoms with van der Waals surface area (Å²) in [5.74, 6) is -0.0864. The second-order valence-electron chi connectivity index (χ2n) is 5.54. The van der Waals surface area contributed by atoms with Gasteiger partial charge in [-0.15, -0.1) is 0 Å². The maximum atomic E-state index is 12.5. The summed E-state index contributed by atoms with van der Waals surface area (Å²) in [6, 6.07) is 11.2. The molecule has 1 amide bonds. The van der Waals surface area contributed by atoms with Gasteiger partial charge in [0.25, 0.3) is 0 Å². The molecule has 0 saturated carbocycles. The van der Waals surface area contributed by atoms with Crippen molar-refractivity contribution in [3.63, 3.8) is 0 Å². The minimum atomic E-state index is -0.359. The highest BCUT2D eigenvalue weighted by molar-refractivity contribution is 5.95. The number of carbonyl (C=O) groups excluding carboxylic acids is 1. The lowest BCUT2D eigenvalue weighted by Gasteiger charge is -2.27. The lowest BCUT2D eigenvalue weighted by molar-refractivity contribution is -0.121. The number of aliphatic hydroxyl groups excluding tert-OH is 1. The van der Waals surface area contributed by atoms with Crippen LogP contribution >= 0.6 is 0 Å². The fraction of sp³-hybridized carbons (Fsp3) is 0.333. The highest BCUT2D eigenvalue weighted by Gasteiger charge is 2.21. The summed E-state index contributed by atoms with van der Waals surface area (Å²) < 4.78 is 0. The van der Waals surface area contributed by atoms with Crippen molar-refractivity contribution in [2.45, 2.75) is 26.4 Å². The zero-order valence-corrected chi connectivity index (χ0v) is 13.6. The lowest BCUT2D eigenvalue weighted by atomic mass is 10.1. The Hall–Kier alpha value is -2.24. The van der Waals surface area contributed by atoms with E-state index >= 15 is 0 Å². The first-order valence-electron chi connectivity index (χ1n) is 7.72. The number of amides is 1. The Morgan fingerprint density at radius 3 is 2.74 bits per heavy atom. The molecule has 0 aliphatic carbocycles. The van der Waals surface area contributed by atoms with E-state index in [9.17, 15) is 9.90 Å². The molecule has 1 unspecified atom stereocenters. The number of carbonyl (C=O) groups is 1. The van der Waals surface area contributed by atoms with Gasteiger partial charge in [0.15, 0.2) is 0 Å². The van der Waals surface area contributed by atoms with Gasteiger partial charge in [0.1, 0.15) is 0 Å². The SMILES string of the molecule is Cc1ccccc1NC(=O)C(C)N(CCO)Cc1cccnc1. The van der Waals surface area contributed by atoms with Crippen LogP contribution in [-0.4, -0.2) is 40.1 Å². The van der Waals surface area contributed by atoms with Crippen LogP contribution < -0.4 is 5.32 Å². The molecular weight excluding hydrogens is 290 g/mol. The van der Waals surface area contributed by atoms with Crippen molar-refractivity contribution >= 4 is 11.6 Å². The number of aromatic nitrogens is 1. The number of nitrogens with zero attached hydrogens (tertiary/aromatic N) is 2. The third kappa shape index (κ3) is 4.87. The van der Waals surface area contributed by atoms with Gasteiger partial charge in [-0.05, 0) is 37.1 Å². The smallest absolute Gasteiger partial charge is 0.241 e. The quantitative estimate of drug-likeness (QED) is 0.822. The molecule has 0 saturated heterocycles. The van der Waals surface area contributed by atoms with E-state index in [0.29, 0.717) is 13.1 Å². The predicted molar refractivity (Wildman–Crippen MR) is 91.0 cm³/mol. The van der Waals surface area contributed by atoms with Crippen LogP contribution in [0.25, 0.3) is 0 Å². The van der Waals surface area contributed by atoms with Crippen LogP contribution in [-0.2, 0) is 11.3 Å². The van der Waals surface area contributed by atoms with Crippen LogP contribution in [0.1, 0.15) is 18.1 Å². The highest BCUT2D eigenvalue weighted by atomic mass is 16.3. The Morgan fingerprint density at radius 2 is 2.09 bits per heavy atom. The van der Waals surface area contributed by atoms with Crippen molar-refractivity contribution in [1.29, 1.82) is 0 Å². The Balaban J connectivity index is 2.06. The van der Waals surface area contributed by atoms with E-state index in [4.69, 9.17) is 0 Å². The van der Waals surface area contributed by atoms with E-state index in [-0.39, 0.29) is 18.6 Å². The highest BCUT2D eigenvalue weighted by Crippen LogP contribution is 2.15. The predicted octanol–water partition coefficient (Wildman–Crippen LogP) is 2.21. The molecule has 0 radical (unpaired) electrons. The minimum absolute atomic E-state index is 0.00223. The van der Waals surface area contributed by atoms with Crippen LogP contribution in [0.4, 0.5) is 5.69 Å². The van der Waals surface area contributed by atoms with Gasteiger partial charge in [-0.25, -0.2) is 0 Å². The number of para-hydroxylation sites is 1. The summed E-state index contributed by atoms with van der Waals surface area (Å²) >= 11 is 0. The fourth-order valence-corrected chi connectivity index (χ4v) is 2.38. The summed E-state index contributed by atoms with van der Waals surface area (Å²) in [7, 11) is 0. The molecule has 0 spiro atoms. The molecule has 0 aliphatic rings. The monoisotopic (exact) mass is 313 g/mol. The van der Waals surface area contributed by atoms with Gasteiger partial charge in [0.05, 0.1) is 12.6 Å². The average molecular weight is 313 g/mol. The molecule has 23 heavy (non-hydrogen) atoms. The first-order valence-corrected chi connectivity index (χ1v) is 7.72. The van der Waals surface area contributed by atoms with Crippen LogP contribution in [0.15, 0.2) is 48.8 Å². The molecular formula is C18H23N3O2. The van der Waals surface area contributed by atoms with E-state index in [1.807, 2.05) is 55.1 Å². The van der Waals surface area contributed by atoms with Crippen LogP contribution in [0.3, 0.4) is 0 Å². The molecule has 1 aromatic heterocycles. The molecule has 2 rings (SSSR count). The molecule has 5 nitrogen and oxygen atoms in total. The van der Waals surface area contributed by atoms with Crippen molar-refractivity contribution in [3.05, 3.63) is 59.9 Å². The van der Waals surface area contributed by atoms with E-state index in [1.165, 1.54) is 0 Å². The first-order chi connectivity index (χ1) is 11.1. The second-order valence-corrected chi connectivity index (χ2v) is 5.54. The fourth-order valence-electron chi connectivity index (χ4n) is 2.38. The number of hydrogen-bond donors (Lipinski definition) is 2. The zero-order chi connectivity index (χ0) is 16.7. The number of nitrogens with one attached hydrogen (secondary N) is 1. The minimum Gasteiger partial charge on any atom is -0.395 e. The molecule has 0 aliphatic heterocycles. The number of pyridine rings is 1. The Kier molecular flexibility index (Phi) is 6.26. The van der Waals surface area contributed by atoms with Gasteiger partial charge < -0.3 is 10.4 Å². The molecule has 5 heteroatoms. The number of rotatable bonds is 7. The third-order valence-corrected chi connectivity index (χ3v) is 3.83. The van der Waals surface area contributed by atoms with Crippen molar-refractivity contribution < 1.29 is 9.90 Å².